The first-order chi connectivity index (χ1) is 13.7. The Labute approximate surface area is 166 Å². The van der Waals surface area contributed by atoms with E-state index >= 15 is 0 Å². The van der Waals surface area contributed by atoms with Crippen LogP contribution >= 0.6 is 0 Å². The lowest BCUT2D eigenvalue weighted by Crippen LogP contribution is -2.18. The molecule has 4 aromatic carbocycles. The molecule has 1 heterocycles. The maximum absolute atomic E-state index is 3.73. The summed E-state index contributed by atoms with van der Waals surface area (Å²) in [5, 5.41) is 3.73. The molecule has 0 bridgehead atoms. The van der Waals surface area contributed by atoms with E-state index in [0.717, 1.165) is 11.4 Å². The molecular weight excluding hydrogens is 340 g/mol. The molecule has 0 unspecified atom stereocenters. The third-order valence-corrected chi connectivity index (χ3v) is 5.47. The molecule has 0 radical (unpaired) electrons. The highest BCUT2D eigenvalue weighted by molar-refractivity contribution is 6.04. The highest BCUT2D eigenvalue weighted by atomic mass is 15.2. The van der Waals surface area contributed by atoms with Gasteiger partial charge in [-0.05, 0) is 47.4 Å². The summed E-state index contributed by atoms with van der Waals surface area (Å²) in [6, 6.07) is 32.3. The smallest absolute Gasteiger partial charge is 0.0712 e. The van der Waals surface area contributed by atoms with Gasteiger partial charge in [0, 0.05) is 12.6 Å². The second-order valence-electron chi connectivity index (χ2n) is 7.32. The molecular formula is C26H22N2. The van der Waals surface area contributed by atoms with Crippen molar-refractivity contribution < 1.29 is 0 Å². The molecule has 1 aliphatic heterocycles. The summed E-state index contributed by atoms with van der Waals surface area (Å²) in [6.45, 7) is 2.14. The zero-order chi connectivity index (χ0) is 19.1. The van der Waals surface area contributed by atoms with Gasteiger partial charge in [0.05, 0.1) is 22.7 Å². The maximum atomic E-state index is 3.73. The number of benzene rings is 4. The lowest BCUT2D eigenvalue weighted by atomic mass is 9.91. The van der Waals surface area contributed by atoms with Crippen LogP contribution in [0.4, 0.5) is 22.7 Å². The average molecular weight is 362 g/mol. The molecule has 0 saturated heterocycles. The van der Waals surface area contributed by atoms with Gasteiger partial charge in [-0.15, -0.1) is 0 Å². The third-order valence-electron chi connectivity index (χ3n) is 5.47. The number of nitrogens with zero attached hydrogens (tertiary/aromatic N) is 1. The molecule has 0 spiro atoms. The second kappa shape index (κ2) is 6.58. The molecule has 2 heteroatoms. The van der Waals surface area contributed by atoms with Gasteiger partial charge >= 0.3 is 0 Å². The Hall–Kier alpha value is -3.52. The quantitative estimate of drug-likeness (QED) is 0.407. The maximum Gasteiger partial charge on any atom is 0.0712 e. The summed E-state index contributed by atoms with van der Waals surface area (Å²) in [7, 11) is 2.15. The summed E-state index contributed by atoms with van der Waals surface area (Å²) >= 11 is 0. The second-order valence-corrected chi connectivity index (χ2v) is 7.32. The molecule has 0 aromatic heterocycles. The van der Waals surface area contributed by atoms with Gasteiger partial charge in [-0.1, -0.05) is 72.8 Å². The Kier molecular flexibility index (Phi) is 3.91. The molecule has 5 rings (SSSR count). The van der Waals surface area contributed by atoms with E-state index in [1.165, 1.54) is 39.2 Å². The summed E-state index contributed by atoms with van der Waals surface area (Å²) in [4.78, 5) is 2.29. The number of nitrogens with one attached hydrogen (secondary N) is 1. The minimum absolute atomic E-state index is 1.14. The van der Waals surface area contributed by atoms with Crippen LogP contribution in [0.15, 0.2) is 91.0 Å². The molecule has 0 saturated carbocycles. The predicted octanol–water partition coefficient (Wildman–Crippen LogP) is 7.15. The van der Waals surface area contributed by atoms with E-state index in [4.69, 9.17) is 0 Å². The zero-order valence-corrected chi connectivity index (χ0v) is 16.1. The van der Waals surface area contributed by atoms with Crippen molar-refractivity contribution in [3.8, 4) is 22.3 Å². The summed E-state index contributed by atoms with van der Waals surface area (Å²) in [5.74, 6) is 0. The molecule has 0 amide bonds. The first-order valence-electron chi connectivity index (χ1n) is 9.61. The minimum atomic E-state index is 1.14. The molecule has 136 valence electrons. The van der Waals surface area contributed by atoms with Gasteiger partial charge in [0.25, 0.3) is 0 Å². The van der Waals surface area contributed by atoms with Gasteiger partial charge < -0.3 is 10.2 Å². The number of hydrogen-bond donors (Lipinski definition) is 1. The van der Waals surface area contributed by atoms with Crippen LogP contribution in [0, 0.1) is 6.92 Å². The Morgan fingerprint density at radius 2 is 1.36 bits per heavy atom. The van der Waals surface area contributed by atoms with Crippen molar-refractivity contribution >= 4 is 22.7 Å². The van der Waals surface area contributed by atoms with Crippen LogP contribution in [-0.2, 0) is 0 Å². The third kappa shape index (κ3) is 2.66. The van der Waals surface area contributed by atoms with Crippen LogP contribution < -0.4 is 10.2 Å². The van der Waals surface area contributed by atoms with Crippen molar-refractivity contribution in [3.63, 3.8) is 0 Å². The van der Waals surface area contributed by atoms with E-state index in [1.54, 1.807) is 0 Å². The Morgan fingerprint density at radius 1 is 0.679 bits per heavy atom. The topological polar surface area (TPSA) is 15.3 Å². The number of anilines is 4. The minimum Gasteiger partial charge on any atom is -0.352 e. The van der Waals surface area contributed by atoms with Crippen LogP contribution in [0.5, 0.6) is 0 Å². The highest BCUT2D eigenvalue weighted by Gasteiger charge is 2.24. The van der Waals surface area contributed by atoms with Crippen LogP contribution in [0.3, 0.4) is 0 Å². The Balaban J connectivity index is 1.79. The van der Waals surface area contributed by atoms with E-state index in [0.29, 0.717) is 0 Å². The van der Waals surface area contributed by atoms with Gasteiger partial charge in [-0.25, -0.2) is 0 Å². The number of aryl methyl sites for hydroxylation is 1. The van der Waals surface area contributed by atoms with Crippen molar-refractivity contribution in [2.24, 2.45) is 0 Å². The molecule has 4 aromatic rings. The molecule has 0 atom stereocenters. The van der Waals surface area contributed by atoms with Crippen LogP contribution in [-0.4, -0.2) is 7.05 Å². The van der Waals surface area contributed by atoms with Crippen molar-refractivity contribution in [1.82, 2.24) is 0 Å². The van der Waals surface area contributed by atoms with Crippen LogP contribution in [0.2, 0.25) is 0 Å². The molecule has 2 nitrogen and oxygen atoms in total. The van der Waals surface area contributed by atoms with Gasteiger partial charge in [-0.3, -0.25) is 0 Å². The van der Waals surface area contributed by atoms with Crippen molar-refractivity contribution in [2.45, 2.75) is 6.92 Å². The number of rotatable bonds is 2. The average Bonchev–Trinajstić information content (AvgIpc) is 2.75. The fourth-order valence-corrected chi connectivity index (χ4v) is 4.05. The van der Waals surface area contributed by atoms with Crippen LogP contribution in [0.1, 0.15) is 5.56 Å². The lowest BCUT2D eigenvalue weighted by molar-refractivity contribution is 1.18. The summed E-state index contributed by atoms with van der Waals surface area (Å²) in [6.07, 6.45) is 0. The summed E-state index contributed by atoms with van der Waals surface area (Å²) < 4.78 is 0. The monoisotopic (exact) mass is 362 g/mol. The molecule has 0 aliphatic carbocycles. The fraction of sp³-hybridized carbons (Fsp3) is 0.0769. The first-order valence-corrected chi connectivity index (χ1v) is 9.61. The lowest BCUT2D eigenvalue weighted by Gasteiger charge is -2.33. The number of fused-ring (bicyclic) bond motifs is 2. The highest BCUT2D eigenvalue weighted by Crippen LogP contribution is 2.50. The van der Waals surface area contributed by atoms with Crippen molar-refractivity contribution in [1.29, 1.82) is 0 Å². The van der Waals surface area contributed by atoms with Gasteiger partial charge in [0.15, 0.2) is 0 Å². The van der Waals surface area contributed by atoms with E-state index in [2.05, 4.69) is 115 Å². The Morgan fingerprint density at radius 3 is 2.07 bits per heavy atom. The van der Waals surface area contributed by atoms with E-state index in [9.17, 15) is 0 Å². The number of hydrogen-bond acceptors (Lipinski definition) is 2. The largest absolute Gasteiger partial charge is 0.352 e. The van der Waals surface area contributed by atoms with Crippen LogP contribution in [0.25, 0.3) is 22.3 Å². The van der Waals surface area contributed by atoms with Gasteiger partial charge in [0.2, 0.25) is 0 Å². The predicted molar refractivity (Wildman–Crippen MR) is 120 cm³/mol. The first kappa shape index (κ1) is 16.6. The van der Waals surface area contributed by atoms with E-state index < -0.39 is 0 Å². The molecule has 1 N–H and O–H groups in total. The van der Waals surface area contributed by atoms with Crippen molar-refractivity contribution in [2.75, 3.05) is 17.3 Å². The standard InChI is InChI=1S/C26H22N2/c1-18-13-15-22-24(17-18)28(2)23-16-14-21(19-9-5-3-6-10-19)25(26(23)27-22)20-11-7-4-8-12-20/h3-17,27H,1-2H3. The van der Waals surface area contributed by atoms with Gasteiger partial charge in [-0.2, -0.15) is 0 Å². The molecule has 1 aliphatic rings. The zero-order valence-electron chi connectivity index (χ0n) is 16.1. The van der Waals surface area contributed by atoms with Gasteiger partial charge in [0.1, 0.15) is 0 Å². The van der Waals surface area contributed by atoms with Crippen molar-refractivity contribution in [3.05, 3.63) is 96.6 Å². The summed E-state index contributed by atoms with van der Waals surface area (Å²) in [5.41, 5.74) is 10.9. The normalized spacial score (nSPS) is 12.1. The fourth-order valence-electron chi connectivity index (χ4n) is 4.05. The Bertz CT molecular complexity index is 1150. The van der Waals surface area contributed by atoms with E-state index in [-0.39, 0.29) is 0 Å². The molecule has 28 heavy (non-hydrogen) atoms. The molecule has 0 fully saturated rings. The SMILES string of the molecule is Cc1ccc2c(c1)N(C)c1ccc(-c3ccccc3)c(-c3ccccc3)c1N2. The van der Waals surface area contributed by atoms with E-state index in [1.807, 2.05) is 0 Å².